The number of hydrogen-bond acceptors (Lipinski definition) is 3. The van der Waals surface area contributed by atoms with E-state index in [4.69, 9.17) is 4.74 Å². The summed E-state index contributed by atoms with van der Waals surface area (Å²) >= 11 is 0. The molecule has 1 aliphatic heterocycles. The van der Waals surface area contributed by atoms with Crippen molar-refractivity contribution in [2.75, 3.05) is 51.8 Å². The molecule has 2 aromatic carbocycles. The zero-order valence-corrected chi connectivity index (χ0v) is 15.7. The van der Waals surface area contributed by atoms with Crippen LogP contribution in [-0.2, 0) is 6.42 Å². The van der Waals surface area contributed by atoms with Crippen molar-refractivity contribution in [3.63, 3.8) is 0 Å². The summed E-state index contributed by atoms with van der Waals surface area (Å²) in [5.41, 5.74) is 2.59. The number of ether oxygens (including phenoxy) is 1. The molecule has 0 spiro atoms. The summed E-state index contributed by atoms with van der Waals surface area (Å²) in [6.45, 7) is 4.82. The number of nitrogens with one attached hydrogen (secondary N) is 1. The molecule has 0 bridgehead atoms. The van der Waals surface area contributed by atoms with Crippen LogP contribution in [0.4, 0.5) is 5.69 Å². The molecule has 1 saturated heterocycles. The summed E-state index contributed by atoms with van der Waals surface area (Å²) in [5, 5.41) is 3.50. The van der Waals surface area contributed by atoms with E-state index in [1.54, 1.807) is 7.11 Å². The molecule has 26 heavy (non-hydrogen) atoms. The van der Waals surface area contributed by atoms with Gasteiger partial charge < -0.3 is 19.9 Å². The summed E-state index contributed by atoms with van der Waals surface area (Å²) < 4.78 is 5.24. The van der Waals surface area contributed by atoms with Crippen LogP contribution in [0.25, 0.3) is 0 Å². The fourth-order valence-electron chi connectivity index (χ4n) is 3.27. The smallest absolute Gasteiger partial charge is 0.193 e. The van der Waals surface area contributed by atoms with Crippen LogP contribution >= 0.6 is 0 Å². The van der Waals surface area contributed by atoms with Crippen molar-refractivity contribution >= 4 is 11.6 Å². The number of benzene rings is 2. The van der Waals surface area contributed by atoms with Crippen LogP contribution < -0.4 is 15.0 Å². The van der Waals surface area contributed by atoms with Crippen LogP contribution in [0.15, 0.2) is 59.6 Å². The highest BCUT2D eigenvalue weighted by Crippen LogP contribution is 2.20. The highest BCUT2D eigenvalue weighted by atomic mass is 16.5. The maximum Gasteiger partial charge on any atom is 0.193 e. The zero-order chi connectivity index (χ0) is 18.2. The lowest BCUT2D eigenvalue weighted by Crippen LogP contribution is -2.52. The summed E-state index contributed by atoms with van der Waals surface area (Å²) in [6, 6.07) is 18.8. The number of hydrogen-bond donors (Lipinski definition) is 1. The average Bonchev–Trinajstić information content (AvgIpc) is 2.72. The van der Waals surface area contributed by atoms with Gasteiger partial charge >= 0.3 is 0 Å². The number of nitrogens with zero attached hydrogens (tertiary/aromatic N) is 3. The molecule has 0 radical (unpaired) electrons. The number of anilines is 1. The van der Waals surface area contributed by atoms with Crippen LogP contribution in [0, 0.1) is 0 Å². The molecule has 0 unspecified atom stereocenters. The second-order valence-electron chi connectivity index (χ2n) is 6.38. The topological polar surface area (TPSA) is 40.1 Å². The second kappa shape index (κ2) is 9.13. The van der Waals surface area contributed by atoms with E-state index in [2.05, 4.69) is 62.6 Å². The molecule has 138 valence electrons. The lowest BCUT2D eigenvalue weighted by Gasteiger charge is -2.37. The Labute approximate surface area is 156 Å². The van der Waals surface area contributed by atoms with Gasteiger partial charge in [-0.1, -0.05) is 30.3 Å². The fourth-order valence-corrected chi connectivity index (χ4v) is 3.27. The van der Waals surface area contributed by atoms with Gasteiger partial charge in [-0.2, -0.15) is 0 Å². The maximum atomic E-state index is 5.24. The first-order valence-electron chi connectivity index (χ1n) is 9.18. The molecule has 2 aromatic rings. The highest BCUT2D eigenvalue weighted by molar-refractivity contribution is 5.80. The van der Waals surface area contributed by atoms with E-state index in [9.17, 15) is 0 Å². The molecular formula is C21H28N4O. The van der Waals surface area contributed by atoms with E-state index in [-0.39, 0.29) is 0 Å². The third kappa shape index (κ3) is 4.69. The molecule has 0 amide bonds. The number of piperazine rings is 1. The molecule has 0 atom stereocenters. The Morgan fingerprint density at radius 3 is 2.31 bits per heavy atom. The summed E-state index contributed by atoms with van der Waals surface area (Å²) in [5.74, 6) is 1.89. The fraction of sp³-hybridized carbons (Fsp3) is 0.381. The van der Waals surface area contributed by atoms with Gasteiger partial charge in [0, 0.05) is 45.5 Å². The van der Waals surface area contributed by atoms with Gasteiger partial charge in [0.05, 0.1) is 7.11 Å². The largest absolute Gasteiger partial charge is 0.497 e. The molecule has 1 heterocycles. The van der Waals surface area contributed by atoms with E-state index in [1.807, 2.05) is 19.2 Å². The van der Waals surface area contributed by atoms with Gasteiger partial charge in [-0.05, 0) is 36.2 Å². The lowest BCUT2D eigenvalue weighted by molar-refractivity contribution is 0.373. The maximum absolute atomic E-state index is 5.24. The number of aliphatic imine (C=N–C) groups is 1. The van der Waals surface area contributed by atoms with Gasteiger partial charge in [0.1, 0.15) is 5.75 Å². The quantitative estimate of drug-likeness (QED) is 0.663. The number of methoxy groups -OCH3 is 1. The molecule has 5 nitrogen and oxygen atoms in total. The number of rotatable bonds is 5. The number of guanidine groups is 1. The van der Waals surface area contributed by atoms with Crippen molar-refractivity contribution in [1.82, 2.24) is 10.2 Å². The van der Waals surface area contributed by atoms with E-state index >= 15 is 0 Å². The van der Waals surface area contributed by atoms with Crippen molar-refractivity contribution in [3.05, 3.63) is 60.2 Å². The molecule has 0 aromatic heterocycles. The third-order valence-electron chi connectivity index (χ3n) is 4.77. The SMILES string of the molecule is CN=C(NCCc1ccccc1)N1CCN(c2ccc(OC)cc2)CC1. The van der Waals surface area contributed by atoms with E-state index < -0.39 is 0 Å². The van der Waals surface area contributed by atoms with E-state index in [0.29, 0.717) is 0 Å². The monoisotopic (exact) mass is 352 g/mol. The molecule has 1 fully saturated rings. The Morgan fingerprint density at radius 1 is 1.00 bits per heavy atom. The zero-order valence-electron chi connectivity index (χ0n) is 15.7. The van der Waals surface area contributed by atoms with Crippen molar-refractivity contribution in [2.24, 2.45) is 4.99 Å². The summed E-state index contributed by atoms with van der Waals surface area (Å²) in [7, 11) is 3.56. The first-order chi connectivity index (χ1) is 12.8. The highest BCUT2D eigenvalue weighted by Gasteiger charge is 2.19. The Balaban J connectivity index is 1.47. The van der Waals surface area contributed by atoms with Crippen LogP contribution in [0.3, 0.4) is 0 Å². The Kier molecular flexibility index (Phi) is 6.36. The van der Waals surface area contributed by atoms with Crippen LogP contribution in [-0.4, -0.2) is 57.7 Å². The van der Waals surface area contributed by atoms with Gasteiger partial charge in [-0.25, -0.2) is 0 Å². The van der Waals surface area contributed by atoms with E-state index in [1.165, 1.54) is 11.3 Å². The standard InChI is InChI=1S/C21H28N4O/c1-22-21(23-13-12-18-6-4-3-5-7-18)25-16-14-24(15-17-25)19-8-10-20(26-2)11-9-19/h3-11H,12-17H2,1-2H3,(H,22,23). The van der Waals surface area contributed by atoms with Crippen molar-refractivity contribution in [3.8, 4) is 5.75 Å². The third-order valence-corrected chi connectivity index (χ3v) is 4.77. The first-order valence-corrected chi connectivity index (χ1v) is 9.18. The minimum absolute atomic E-state index is 0.898. The molecule has 5 heteroatoms. The van der Waals surface area contributed by atoms with Gasteiger partial charge in [0.25, 0.3) is 0 Å². The predicted octanol–water partition coefficient (Wildman–Crippen LogP) is 2.64. The summed E-state index contributed by atoms with van der Waals surface area (Å²) in [6.07, 6.45) is 1.01. The Bertz CT molecular complexity index is 692. The van der Waals surface area contributed by atoms with Crippen LogP contribution in [0.2, 0.25) is 0 Å². The lowest BCUT2D eigenvalue weighted by atomic mass is 10.1. The molecule has 0 aliphatic carbocycles. The summed E-state index contributed by atoms with van der Waals surface area (Å²) in [4.78, 5) is 9.21. The second-order valence-corrected chi connectivity index (χ2v) is 6.38. The Hall–Kier alpha value is -2.69. The van der Waals surface area contributed by atoms with Gasteiger partial charge in [-0.15, -0.1) is 0 Å². The van der Waals surface area contributed by atoms with E-state index in [0.717, 1.165) is 50.9 Å². The van der Waals surface area contributed by atoms with Gasteiger partial charge in [0.15, 0.2) is 5.96 Å². The van der Waals surface area contributed by atoms with Crippen LogP contribution in [0.5, 0.6) is 5.75 Å². The first kappa shape index (κ1) is 18.1. The average molecular weight is 352 g/mol. The molecular weight excluding hydrogens is 324 g/mol. The minimum Gasteiger partial charge on any atom is -0.497 e. The molecule has 1 N–H and O–H groups in total. The van der Waals surface area contributed by atoms with Crippen molar-refractivity contribution in [2.45, 2.75) is 6.42 Å². The van der Waals surface area contributed by atoms with Crippen molar-refractivity contribution < 1.29 is 4.74 Å². The molecule has 1 aliphatic rings. The van der Waals surface area contributed by atoms with Gasteiger partial charge in [-0.3, -0.25) is 4.99 Å². The molecule has 0 saturated carbocycles. The van der Waals surface area contributed by atoms with Gasteiger partial charge in [0.2, 0.25) is 0 Å². The normalized spacial score (nSPS) is 15.1. The predicted molar refractivity (Wildman–Crippen MR) is 108 cm³/mol. The minimum atomic E-state index is 0.898. The molecule has 3 rings (SSSR count). The van der Waals surface area contributed by atoms with Crippen molar-refractivity contribution in [1.29, 1.82) is 0 Å². The van der Waals surface area contributed by atoms with Crippen LogP contribution in [0.1, 0.15) is 5.56 Å². The Morgan fingerprint density at radius 2 is 1.69 bits per heavy atom.